The van der Waals surface area contributed by atoms with Crippen molar-refractivity contribution in [2.45, 2.75) is 34.1 Å². The van der Waals surface area contributed by atoms with Gasteiger partial charge in [0.25, 0.3) is 5.95 Å². The summed E-state index contributed by atoms with van der Waals surface area (Å²) in [5.74, 6) is 1.73. The highest BCUT2D eigenvalue weighted by Crippen LogP contribution is 2.18. The van der Waals surface area contributed by atoms with Crippen LogP contribution in [-0.4, -0.2) is 45.4 Å². The van der Waals surface area contributed by atoms with E-state index in [1.165, 1.54) is 5.56 Å². The Morgan fingerprint density at radius 2 is 1.81 bits per heavy atom. The molecule has 2 rings (SSSR count). The Hall–Kier alpha value is -2.18. The van der Waals surface area contributed by atoms with Crippen LogP contribution in [0.2, 0.25) is 0 Å². The molecule has 7 heteroatoms. The van der Waals surface area contributed by atoms with Gasteiger partial charge in [-0.25, -0.2) is 4.68 Å². The van der Waals surface area contributed by atoms with E-state index >= 15 is 0 Å². The fourth-order valence-electron chi connectivity index (χ4n) is 2.27. The van der Waals surface area contributed by atoms with Crippen LogP contribution < -0.4 is 10.2 Å². The summed E-state index contributed by atoms with van der Waals surface area (Å²) in [5, 5.41) is 7.71. The third-order valence-corrected chi connectivity index (χ3v) is 3.33. The van der Waals surface area contributed by atoms with Gasteiger partial charge in [0.1, 0.15) is 0 Å². The van der Waals surface area contributed by atoms with Crippen LogP contribution in [0.1, 0.15) is 30.8 Å². The van der Waals surface area contributed by atoms with Crippen LogP contribution in [0.4, 0.5) is 11.9 Å². The van der Waals surface area contributed by atoms with Crippen LogP contribution in [0.5, 0.6) is 0 Å². The largest absolute Gasteiger partial charge is 0.354 e. The molecule has 0 aliphatic carbocycles. The first-order valence-electron chi connectivity index (χ1n) is 7.20. The predicted octanol–water partition coefficient (Wildman–Crippen LogP) is 1.73. The van der Waals surface area contributed by atoms with E-state index in [0.29, 0.717) is 17.8 Å². The number of hydrogen-bond acceptors (Lipinski definition) is 6. The zero-order valence-electron chi connectivity index (χ0n) is 13.6. The summed E-state index contributed by atoms with van der Waals surface area (Å²) >= 11 is 0. The van der Waals surface area contributed by atoms with E-state index in [1.54, 1.807) is 4.68 Å². The molecule has 0 amide bonds. The molecule has 0 bridgehead atoms. The maximum atomic E-state index is 4.57. The highest BCUT2D eigenvalue weighted by atomic mass is 15.4. The molecule has 0 aromatic carbocycles. The highest BCUT2D eigenvalue weighted by molar-refractivity contribution is 5.40. The predicted molar refractivity (Wildman–Crippen MR) is 84.3 cm³/mol. The van der Waals surface area contributed by atoms with Crippen LogP contribution in [0.3, 0.4) is 0 Å². The molecule has 0 unspecified atom stereocenters. The van der Waals surface area contributed by atoms with Crippen LogP contribution in [0, 0.1) is 13.8 Å². The van der Waals surface area contributed by atoms with Gasteiger partial charge in [-0.05, 0) is 32.8 Å². The Labute approximate surface area is 125 Å². The molecule has 114 valence electrons. The Morgan fingerprint density at radius 3 is 2.33 bits per heavy atom. The summed E-state index contributed by atoms with van der Waals surface area (Å²) in [6.45, 7) is 8.96. The second kappa shape index (κ2) is 6.07. The van der Waals surface area contributed by atoms with E-state index in [0.717, 1.165) is 24.4 Å². The fourth-order valence-corrected chi connectivity index (χ4v) is 2.27. The first-order chi connectivity index (χ1) is 9.97. The minimum absolute atomic E-state index is 0.546. The molecule has 0 saturated carbocycles. The van der Waals surface area contributed by atoms with Gasteiger partial charge in [0.2, 0.25) is 11.9 Å². The van der Waals surface area contributed by atoms with Crippen LogP contribution in [-0.2, 0) is 6.42 Å². The van der Waals surface area contributed by atoms with E-state index in [9.17, 15) is 0 Å². The second-order valence-electron chi connectivity index (χ2n) is 5.10. The SMILES string of the molecule is CCNc1nc(N(C)C)nc(-n2nc(C)c(CC)c2C)n1. The van der Waals surface area contributed by atoms with Crippen LogP contribution in [0.25, 0.3) is 5.95 Å². The molecular formula is C14H23N7. The molecule has 1 N–H and O–H groups in total. The van der Waals surface area contributed by atoms with Crippen molar-refractivity contribution >= 4 is 11.9 Å². The van der Waals surface area contributed by atoms with Gasteiger partial charge in [-0.2, -0.15) is 20.1 Å². The standard InChI is InChI=1S/C14H23N7/c1-7-11-9(3)19-21(10(11)4)14-17-12(15-8-2)16-13(18-14)20(5)6/h7-8H2,1-6H3,(H,15,16,17,18). The molecular weight excluding hydrogens is 266 g/mol. The average Bonchev–Trinajstić information content (AvgIpc) is 2.73. The van der Waals surface area contributed by atoms with E-state index < -0.39 is 0 Å². The van der Waals surface area contributed by atoms with Gasteiger partial charge in [0, 0.05) is 26.3 Å². The van der Waals surface area contributed by atoms with Crippen molar-refractivity contribution in [3.8, 4) is 5.95 Å². The third kappa shape index (κ3) is 2.96. The van der Waals surface area contributed by atoms with Gasteiger partial charge >= 0.3 is 0 Å². The summed E-state index contributed by atoms with van der Waals surface area (Å²) in [5.41, 5.74) is 3.34. The molecule has 2 aromatic rings. The zero-order chi connectivity index (χ0) is 15.6. The zero-order valence-corrected chi connectivity index (χ0v) is 13.6. The monoisotopic (exact) mass is 289 g/mol. The molecule has 0 atom stereocenters. The van der Waals surface area contributed by atoms with Gasteiger partial charge in [-0.1, -0.05) is 6.92 Å². The highest BCUT2D eigenvalue weighted by Gasteiger charge is 2.15. The lowest BCUT2D eigenvalue weighted by Crippen LogP contribution is -2.18. The van der Waals surface area contributed by atoms with Gasteiger partial charge < -0.3 is 10.2 Å². The molecule has 0 radical (unpaired) electrons. The second-order valence-corrected chi connectivity index (χ2v) is 5.10. The van der Waals surface area contributed by atoms with Gasteiger partial charge in [-0.15, -0.1) is 0 Å². The van der Waals surface area contributed by atoms with Crippen LogP contribution in [0.15, 0.2) is 0 Å². The third-order valence-electron chi connectivity index (χ3n) is 3.33. The van der Waals surface area contributed by atoms with Crippen molar-refractivity contribution in [2.24, 2.45) is 0 Å². The molecule has 0 aliphatic heterocycles. The van der Waals surface area contributed by atoms with E-state index in [-0.39, 0.29) is 0 Å². The minimum Gasteiger partial charge on any atom is -0.354 e. The molecule has 2 aromatic heterocycles. The van der Waals surface area contributed by atoms with Gasteiger partial charge in [0.15, 0.2) is 0 Å². The number of anilines is 2. The summed E-state index contributed by atoms with van der Waals surface area (Å²) in [6, 6.07) is 0. The Kier molecular flexibility index (Phi) is 4.40. The lowest BCUT2D eigenvalue weighted by atomic mass is 10.1. The van der Waals surface area contributed by atoms with Crippen molar-refractivity contribution in [3.05, 3.63) is 17.0 Å². The molecule has 0 spiro atoms. The number of rotatable bonds is 5. The Bertz CT molecular complexity index is 630. The first kappa shape index (κ1) is 15.2. The maximum Gasteiger partial charge on any atom is 0.257 e. The van der Waals surface area contributed by atoms with Gasteiger partial charge in [-0.3, -0.25) is 0 Å². The van der Waals surface area contributed by atoms with Crippen molar-refractivity contribution in [1.29, 1.82) is 0 Å². The van der Waals surface area contributed by atoms with E-state index in [2.05, 4.69) is 32.3 Å². The van der Waals surface area contributed by atoms with E-state index in [1.807, 2.05) is 39.8 Å². The topological polar surface area (TPSA) is 71.8 Å². The smallest absolute Gasteiger partial charge is 0.257 e. The van der Waals surface area contributed by atoms with E-state index in [4.69, 9.17) is 0 Å². The molecule has 2 heterocycles. The Morgan fingerprint density at radius 1 is 1.10 bits per heavy atom. The molecule has 0 aliphatic rings. The quantitative estimate of drug-likeness (QED) is 0.904. The normalized spacial score (nSPS) is 10.8. The minimum atomic E-state index is 0.546. The number of nitrogens with one attached hydrogen (secondary N) is 1. The lowest BCUT2D eigenvalue weighted by molar-refractivity contribution is 0.759. The van der Waals surface area contributed by atoms with Crippen molar-refractivity contribution in [2.75, 3.05) is 30.9 Å². The summed E-state index contributed by atoms with van der Waals surface area (Å²) in [4.78, 5) is 15.2. The molecule has 0 fully saturated rings. The average molecular weight is 289 g/mol. The summed E-state index contributed by atoms with van der Waals surface area (Å²) in [7, 11) is 3.82. The fraction of sp³-hybridized carbons (Fsp3) is 0.571. The number of nitrogens with zero attached hydrogens (tertiary/aromatic N) is 6. The maximum absolute atomic E-state index is 4.57. The summed E-state index contributed by atoms with van der Waals surface area (Å²) in [6.07, 6.45) is 0.948. The number of hydrogen-bond donors (Lipinski definition) is 1. The van der Waals surface area contributed by atoms with Gasteiger partial charge in [0.05, 0.1) is 5.69 Å². The lowest BCUT2D eigenvalue weighted by Gasteiger charge is -2.13. The molecule has 7 nitrogen and oxygen atoms in total. The Balaban J connectivity index is 2.57. The number of aromatic nitrogens is 5. The number of aryl methyl sites for hydroxylation is 1. The first-order valence-corrected chi connectivity index (χ1v) is 7.20. The molecule has 21 heavy (non-hydrogen) atoms. The van der Waals surface area contributed by atoms with Crippen molar-refractivity contribution in [3.63, 3.8) is 0 Å². The van der Waals surface area contributed by atoms with Crippen molar-refractivity contribution < 1.29 is 0 Å². The molecule has 0 saturated heterocycles. The summed E-state index contributed by atoms with van der Waals surface area (Å²) < 4.78 is 1.80. The van der Waals surface area contributed by atoms with Crippen LogP contribution >= 0.6 is 0 Å². The van der Waals surface area contributed by atoms with Crippen molar-refractivity contribution in [1.82, 2.24) is 24.7 Å².